The van der Waals surface area contributed by atoms with Crippen molar-refractivity contribution in [2.75, 3.05) is 5.73 Å². The number of benzene rings is 2. The summed E-state index contributed by atoms with van der Waals surface area (Å²) < 4.78 is 0. The second-order valence-electron chi connectivity index (χ2n) is 3.93. The third-order valence-electron chi connectivity index (χ3n) is 2.89. The predicted molar refractivity (Wildman–Crippen MR) is 60.8 cm³/mol. The summed E-state index contributed by atoms with van der Waals surface area (Å²) in [6.45, 7) is 0. The Balaban J connectivity index is 2.24. The zero-order valence-electron chi connectivity index (χ0n) is 8.20. The first-order valence-electron chi connectivity index (χ1n) is 4.95. The minimum Gasteiger partial charge on any atom is -0.508 e. The number of phenolic OH excluding ortho intramolecular Hbond substituents is 1. The summed E-state index contributed by atoms with van der Waals surface area (Å²) in [5, 5.41) is 9.41. The zero-order chi connectivity index (χ0) is 10.4. The maximum atomic E-state index is 9.41. The van der Waals surface area contributed by atoms with Crippen molar-refractivity contribution in [3.05, 3.63) is 47.5 Å². The van der Waals surface area contributed by atoms with Crippen molar-refractivity contribution in [2.24, 2.45) is 0 Å². The second-order valence-corrected chi connectivity index (χ2v) is 3.93. The Hall–Kier alpha value is -1.96. The van der Waals surface area contributed by atoms with Gasteiger partial charge in [-0.3, -0.25) is 0 Å². The highest BCUT2D eigenvalue weighted by Gasteiger charge is 2.18. The highest BCUT2D eigenvalue weighted by atomic mass is 16.3. The number of nitrogen functional groups attached to an aromatic ring is 1. The molecule has 0 unspecified atom stereocenters. The van der Waals surface area contributed by atoms with E-state index in [2.05, 4.69) is 0 Å². The van der Waals surface area contributed by atoms with Crippen LogP contribution in [-0.2, 0) is 6.42 Å². The molecule has 0 fully saturated rings. The highest BCUT2D eigenvalue weighted by molar-refractivity contribution is 5.78. The van der Waals surface area contributed by atoms with Crippen LogP contribution in [-0.4, -0.2) is 5.11 Å². The molecule has 74 valence electrons. The SMILES string of the molecule is Nc1ccc2c(c1)Cc1cc(O)ccc1-2. The highest BCUT2D eigenvalue weighted by Crippen LogP contribution is 2.38. The van der Waals surface area contributed by atoms with Gasteiger partial charge in [-0.15, -0.1) is 0 Å². The molecule has 0 atom stereocenters. The van der Waals surface area contributed by atoms with Gasteiger partial charge in [0, 0.05) is 5.69 Å². The van der Waals surface area contributed by atoms with Gasteiger partial charge < -0.3 is 10.8 Å². The average Bonchev–Trinajstić information content (AvgIpc) is 2.53. The number of fused-ring (bicyclic) bond motifs is 3. The first-order chi connectivity index (χ1) is 7.24. The van der Waals surface area contributed by atoms with E-state index in [9.17, 15) is 5.11 Å². The summed E-state index contributed by atoms with van der Waals surface area (Å²) in [5.74, 6) is 0.328. The van der Waals surface area contributed by atoms with Gasteiger partial charge in [-0.2, -0.15) is 0 Å². The number of nitrogens with two attached hydrogens (primary N) is 1. The van der Waals surface area contributed by atoms with Crippen molar-refractivity contribution in [3.8, 4) is 16.9 Å². The number of aromatic hydroxyl groups is 1. The molecule has 0 aromatic heterocycles. The van der Waals surface area contributed by atoms with Gasteiger partial charge in [0.25, 0.3) is 0 Å². The molecule has 3 rings (SSSR count). The van der Waals surface area contributed by atoms with Gasteiger partial charge in [-0.05, 0) is 52.9 Å². The van der Waals surface area contributed by atoms with Crippen molar-refractivity contribution < 1.29 is 5.11 Å². The number of hydrogen-bond acceptors (Lipinski definition) is 2. The van der Waals surface area contributed by atoms with E-state index < -0.39 is 0 Å². The van der Waals surface area contributed by atoms with Crippen molar-refractivity contribution >= 4 is 5.69 Å². The van der Waals surface area contributed by atoms with Crippen molar-refractivity contribution in [1.82, 2.24) is 0 Å². The molecule has 0 aliphatic heterocycles. The number of hydrogen-bond donors (Lipinski definition) is 2. The van der Waals surface area contributed by atoms with Crippen LogP contribution in [0.2, 0.25) is 0 Å². The van der Waals surface area contributed by atoms with E-state index >= 15 is 0 Å². The van der Waals surface area contributed by atoms with Crippen LogP contribution in [0.5, 0.6) is 5.75 Å². The Morgan fingerprint density at radius 3 is 2.40 bits per heavy atom. The lowest BCUT2D eigenvalue weighted by Crippen LogP contribution is -1.86. The van der Waals surface area contributed by atoms with Crippen LogP contribution >= 0.6 is 0 Å². The third-order valence-corrected chi connectivity index (χ3v) is 2.89. The van der Waals surface area contributed by atoms with Crippen LogP contribution in [0.4, 0.5) is 5.69 Å². The summed E-state index contributed by atoms with van der Waals surface area (Å²) in [4.78, 5) is 0. The lowest BCUT2D eigenvalue weighted by Gasteiger charge is -2.01. The molecule has 0 saturated carbocycles. The summed E-state index contributed by atoms with van der Waals surface area (Å²) in [7, 11) is 0. The summed E-state index contributed by atoms with van der Waals surface area (Å²) in [6.07, 6.45) is 0.865. The molecule has 0 amide bonds. The van der Waals surface area contributed by atoms with Gasteiger partial charge in [0.2, 0.25) is 0 Å². The van der Waals surface area contributed by atoms with Crippen molar-refractivity contribution in [1.29, 1.82) is 0 Å². The van der Waals surface area contributed by atoms with E-state index in [4.69, 9.17) is 5.73 Å². The number of rotatable bonds is 0. The molecule has 1 aliphatic rings. The van der Waals surface area contributed by atoms with Crippen LogP contribution in [0.15, 0.2) is 36.4 Å². The first kappa shape index (κ1) is 8.36. The van der Waals surface area contributed by atoms with Crippen LogP contribution in [0.25, 0.3) is 11.1 Å². The molecule has 0 bridgehead atoms. The predicted octanol–water partition coefficient (Wildman–Crippen LogP) is 2.55. The molecule has 2 nitrogen and oxygen atoms in total. The van der Waals surface area contributed by atoms with Gasteiger partial charge in [0.15, 0.2) is 0 Å². The Labute approximate surface area is 88.0 Å². The van der Waals surface area contributed by atoms with Gasteiger partial charge in [0.05, 0.1) is 0 Å². The maximum Gasteiger partial charge on any atom is 0.115 e. The summed E-state index contributed by atoms with van der Waals surface area (Å²) in [6, 6.07) is 11.5. The van der Waals surface area contributed by atoms with E-state index in [1.165, 1.54) is 22.3 Å². The molecule has 15 heavy (non-hydrogen) atoms. The third kappa shape index (κ3) is 1.18. The minimum absolute atomic E-state index is 0.328. The molecule has 0 radical (unpaired) electrons. The molecular formula is C13H11NO. The molecule has 2 heteroatoms. The lowest BCUT2D eigenvalue weighted by atomic mass is 10.1. The van der Waals surface area contributed by atoms with E-state index in [1.54, 1.807) is 6.07 Å². The van der Waals surface area contributed by atoms with E-state index in [-0.39, 0.29) is 0 Å². The molecule has 0 heterocycles. The topological polar surface area (TPSA) is 46.2 Å². The number of anilines is 1. The van der Waals surface area contributed by atoms with Crippen LogP contribution < -0.4 is 5.73 Å². The van der Waals surface area contributed by atoms with E-state index in [1.807, 2.05) is 30.3 Å². The Bertz CT molecular complexity index is 497. The van der Waals surface area contributed by atoms with Gasteiger partial charge in [-0.1, -0.05) is 12.1 Å². The first-order valence-corrected chi connectivity index (χ1v) is 4.95. The van der Waals surface area contributed by atoms with Crippen LogP contribution in [0.3, 0.4) is 0 Å². The van der Waals surface area contributed by atoms with Crippen LogP contribution in [0.1, 0.15) is 11.1 Å². The Kier molecular flexibility index (Phi) is 1.54. The molecule has 0 spiro atoms. The van der Waals surface area contributed by atoms with Crippen molar-refractivity contribution in [3.63, 3.8) is 0 Å². The molecule has 2 aromatic carbocycles. The molecule has 2 aromatic rings. The fourth-order valence-electron chi connectivity index (χ4n) is 2.22. The van der Waals surface area contributed by atoms with E-state index in [0.29, 0.717) is 5.75 Å². The molecule has 3 N–H and O–H groups in total. The average molecular weight is 197 g/mol. The Morgan fingerprint density at radius 2 is 1.60 bits per heavy atom. The zero-order valence-corrected chi connectivity index (χ0v) is 8.20. The normalized spacial score (nSPS) is 12.3. The van der Waals surface area contributed by atoms with Crippen molar-refractivity contribution in [2.45, 2.75) is 6.42 Å². The summed E-state index contributed by atoms with van der Waals surface area (Å²) in [5.41, 5.74) is 11.4. The standard InChI is InChI=1S/C13H11NO/c14-10-1-3-12-8(6-10)5-9-7-11(15)2-4-13(9)12/h1-4,6-7,15H,5,14H2. The fraction of sp³-hybridized carbons (Fsp3) is 0.0769. The largest absolute Gasteiger partial charge is 0.508 e. The second kappa shape index (κ2) is 2.76. The number of phenols is 1. The van der Waals surface area contributed by atoms with Gasteiger partial charge in [-0.25, -0.2) is 0 Å². The molecule has 1 aliphatic carbocycles. The quantitative estimate of drug-likeness (QED) is 0.544. The molecule has 0 saturated heterocycles. The Morgan fingerprint density at radius 1 is 0.933 bits per heavy atom. The van der Waals surface area contributed by atoms with Gasteiger partial charge in [0.1, 0.15) is 5.75 Å². The monoisotopic (exact) mass is 197 g/mol. The molecular weight excluding hydrogens is 186 g/mol. The lowest BCUT2D eigenvalue weighted by molar-refractivity contribution is 0.475. The van der Waals surface area contributed by atoms with E-state index in [0.717, 1.165) is 12.1 Å². The van der Waals surface area contributed by atoms with Gasteiger partial charge >= 0.3 is 0 Å². The minimum atomic E-state index is 0.328. The summed E-state index contributed by atoms with van der Waals surface area (Å²) >= 11 is 0. The maximum absolute atomic E-state index is 9.41. The smallest absolute Gasteiger partial charge is 0.115 e. The fourth-order valence-corrected chi connectivity index (χ4v) is 2.22. The van der Waals surface area contributed by atoms with Crippen LogP contribution in [0, 0.1) is 0 Å².